The average Bonchev–Trinajstić information content (AvgIpc) is 3.37. The van der Waals surface area contributed by atoms with Gasteiger partial charge < -0.3 is 31.9 Å². The Labute approximate surface area is 251 Å². The van der Waals surface area contributed by atoms with Crippen molar-refractivity contribution in [3.05, 3.63) is 70.2 Å². The van der Waals surface area contributed by atoms with Gasteiger partial charge >= 0.3 is 0 Å². The number of likely N-dealkylation sites (tertiary alicyclic amines) is 1. The number of rotatable bonds is 11. The van der Waals surface area contributed by atoms with Crippen molar-refractivity contribution in [2.75, 3.05) is 32.7 Å². The van der Waals surface area contributed by atoms with Gasteiger partial charge in [-0.25, -0.2) is 13.1 Å². The Balaban J connectivity index is 1.52. The lowest BCUT2D eigenvalue weighted by Gasteiger charge is -2.31. The molecule has 0 bridgehead atoms. The normalized spacial score (nSPS) is 19.9. The molecule has 0 aromatic heterocycles. The van der Waals surface area contributed by atoms with Gasteiger partial charge in [0.15, 0.2) is 0 Å². The number of nitrogens with one attached hydrogen (secondary N) is 3. The number of carbonyl (C=O) groups is 3. The summed E-state index contributed by atoms with van der Waals surface area (Å²) in [5.74, 6) is -1.84. The predicted molar refractivity (Wildman–Crippen MR) is 159 cm³/mol. The van der Waals surface area contributed by atoms with Gasteiger partial charge in [-0.05, 0) is 35.2 Å². The van der Waals surface area contributed by atoms with Crippen LogP contribution in [0.5, 0.6) is 0 Å². The van der Waals surface area contributed by atoms with Crippen molar-refractivity contribution in [1.82, 2.24) is 25.2 Å². The first-order valence-corrected chi connectivity index (χ1v) is 15.9. The highest BCUT2D eigenvalue weighted by Gasteiger charge is 2.42. The summed E-state index contributed by atoms with van der Waals surface area (Å²) in [6, 6.07) is 10.9. The number of hydrogen-bond acceptors (Lipinski definition) is 8. The van der Waals surface area contributed by atoms with E-state index < -0.39 is 40.0 Å². The van der Waals surface area contributed by atoms with Crippen molar-refractivity contribution in [1.29, 1.82) is 0 Å². The second kappa shape index (κ2) is 14.4. The molecule has 14 heteroatoms. The molecule has 3 unspecified atom stereocenters. The van der Waals surface area contributed by atoms with Crippen LogP contribution in [0.3, 0.4) is 0 Å². The summed E-state index contributed by atoms with van der Waals surface area (Å²) in [5.41, 5.74) is 14.1. The van der Waals surface area contributed by atoms with Crippen molar-refractivity contribution in [3.63, 3.8) is 0 Å². The van der Waals surface area contributed by atoms with Crippen LogP contribution in [0.2, 0.25) is 5.02 Å². The van der Waals surface area contributed by atoms with E-state index in [0.29, 0.717) is 36.8 Å². The molecule has 0 radical (unpaired) electrons. The SMILES string of the molecule is NCc1ccc(Cl)cc1CNC(=O)C1CC(N)CN1C(=O)C(CC(=O)N1CCNCC1)NS(=O)(=O)Cc1ccccc1. The zero-order valence-corrected chi connectivity index (χ0v) is 24.9. The van der Waals surface area contributed by atoms with Crippen LogP contribution in [-0.4, -0.2) is 86.8 Å². The molecule has 7 N–H and O–H groups in total. The van der Waals surface area contributed by atoms with Crippen LogP contribution in [0, 0.1) is 0 Å². The highest BCUT2D eigenvalue weighted by atomic mass is 35.5. The minimum absolute atomic E-state index is 0.0425. The van der Waals surface area contributed by atoms with E-state index in [-0.39, 0.29) is 44.1 Å². The number of nitrogens with two attached hydrogens (primary N) is 2. The lowest BCUT2D eigenvalue weighted by atomic mass is 10.1. The zero-order chi connectivity index (χ0) is 30.3. The van der Waals surface area contributed by atoms with E-state index in [1.165, 1.54) is 4.90 Å². The quantitative estimate of drug-likeness (QED) is 0.226. The Morgan fingerprint density at radius 3 is 2.48 bits per heavy atom. The van der Waals surface area contributed by atoms with Crippen LogP contribution >= 0.6 is 11.6 Å². The number of piperazine rings is 1. The van der Waals surface area contributed by atoms with Gasteiger partial charge in [-0.3, -0.25) is 14.4 Å². The Morgan fingerprint density at radius 2 is 1.79 bits per heavy atom. The lowest BCUT2D eigenvalue weighted by molar-refractivity contribution is -0.142. The van der Waals surface area contributed by atoms with E-state index in [9.17, 15) is 22.8 Å². The molecule has 228 valence electrons. The van der Waals surface area contributed by atoms with Gasteiger partial charge in [0.1, 0.15) is 12.1 Å². The van der Waals surface area contributed by atoms with Gasteiger partial charge in [-0.2, -0.15) is 0 Å². The summed E-state index contributed by atoms with van der Waals surface area (Å²) in [7, 11) is -4.03. The lowest BCUT2D eigenvalue weighted by Crippen LogP contribution is -2.55. The Hall–Kier alpha value is -3.07. The van der Waals surface area contributed by atoms with Crippen molar-refractivity contribution in [2.24, 2.45) is 11.5 Å². The number of benzene rings is 2. The molecule has 2 heterocycles. The molecule has 2 saturated heterocycles. The van der Waals surface area contributed by atoms with E-state index >= 15 is 0 Å². The van der Waals surface area contributed by atoms with Crippen LogP contribution in [0.1, 0.15) is 29.5 Å². The zero-order valence-electron chi connectivity index (χ0n) is 23.3. The van der Waals surface area contributed by atoms with Crippen LogP contribution in [0.4, 0.5) is 0 Å². The molecule has 0 aliphatic carbocycles. The third-order valence-corrected chi connectivity index (χ3v) is 9.02. The molecule has 2 aliphatic heterocycles. The van der Waals surface area contributed by atoms with Crippen LogP contribution in [-0.2, 0) is 43.2 Å². The molecule has 12 nitrogen and oxygen atoms in total. The maximum Gasteiger partial charge on any atom is 0.243 e. The van der Waals surface area contributed by atoms with Gasteiger partial charge in [-0.15, -0.1) is 0 Å². The molecular weight excluding hydrogens is 582 g/mol. The molecular formula is C28H38ClN7O5S. The third kappa shape index (κ3) is 8.49. The number of sulfonamides is 1. The fraction of sp³-hybridized carbons (Fsp3) is 0.464. The summed E-state index contributed by atoms with van der Waals surface area (Å²) < 4.78 is 28.8. The van der Waals surface area contributed by atoms with Crippen LogP contribution in [0.25, 0.3) is 0 Å². The predicted octanol–water partition coefficient (Wildman–Crippen LogP) is -0.347. The van der Waals surface area contributed by atoms with Crippen LogP contribution in [0.15, 0.2) is 48.5 Å². The molecule has 42 heavy (non-hydrogen) atoms. The second-order valence-corrected chi connectivity index (χ2v) is 12.8. The molecule has 2 aromatic carbocycles. The number of carbonyl (C=O) groups excluding carboxylic acids is 3. The smallest absolute Gasteiger partial charge is 0.243 e. The van der Waals surface area contributed by atoms with Gasteiger partial charge in [0.25, 0.3) is 0 Å². The van der Waals surface area contributed by atoms with E-state index in [0.717, 1.165) is 11.1 Å². The summed E-state index contributed by atoms with van der Waals surface area (Å²) in [6.07, 6.45) is -0.193. The minimum atomic E-state index is -4.03. The standard InChI is InChI=1S/C28H38ClN7O5S/c29-22-7-6-20(15-30)21(12-22)16-33-27(38)25-13-23(31)17-36(25)28(39)24(14-26(37)35-10-8-32-9-11-35)34-42(40,41)18-19-4-2-1-3-5-19/h1-7,12,23-25,32,34H,8-11,13-18,30-31H2,(H,33,38). The minimum Gasteiger partial charge on any atom is -0.350 e. The molecule has 0 saturated carbocycles. The van der Waals surface area contributed by atoms with Gasteiger partial charge in [0.05, 0.1) is 12.2 Å². The summed E-state index contributed by atoms with van der Waals surface area (Å²) >= 11 is 6.12. The van der Waals surface area contributed by atoms with Crippen molar-refractivity contribution in [2.45, 2.75) is 49.8 Å². The van der Waals surface area contributed by atoms with Gasteiger partial charge in [-0.1, -0.05) is 48.0 Å². The molecule has 2 aliphatic rings. The number of amides is 3. The molecule has 4 rings (SSSR count). The van der Waals surface area contributed by atoms with E-state index in [4.69, 9.17) is 23.1 Å². The maximum atomic E-state index is 13.9. The second-order valence-electron chi connectivity index (χ2n) is 10.6. The topological polar surface area (TPSA) is 180 Å². The maximum absolute atomic E-state index is 13.9. The molecule has 2 aromatic rings. The highest BCUT2D eigenvalue weighted by Crippen LogP contribution is 2.21. The van der Waals surface area contributed by atoms with E-state index in [1.54, 1.807) is 53.4 Å². The fourth-order valence-corrected chi connectivity index (χ4v) is 6.80. The summed E-state index contributed by atoms with van der Waals surface area (Å²) in [5, 5.41) is 6.49. The molecule has 2 fully saturated rings. The fourth-order valence-electron chi connectivity index (χ4n) is 5.27. The van der Waals surface area contributed by atoms with Crippen molar-refractivity contribution in [3.8, 4) is 0 Å². The third-order valence-electron chi connectivity index (χ3n) is 7.43. The molecule has 3 amide bonds. The van der Waals surface area contributed by atoms with E-state index in [1.807, 2.05) is 0 Å². The Kier molecular flexibility index (Phi) is 10.9. The number of nitrogens with zero attached hydrogens (tertiary/aromatic N) is 2. The van der Waals surface area contributed by atoms with Crippen molar-refractivity contribution >= 4 is 39.3 Å². The van der Waals surface area contributed by atoms with Crippen molar-refractivity contribution < 1.29 is 22.8 Å². The van der Waals surface area contributed by atoms with E-state index in [2.05, 4.69) is 15.4 Å². The average molecular weight is 620 g/mol. The first-order valence-electron chi connectivity index (χ1n) is 13.9. The number of halogens is 1. The summed E-state index contributed by atoms with van der Waals surface area (Å²) in [6.45, 7) is 2.54. The Morgan fingerprint density at radius 1 is 1.07 bits per heavy atom. The largest absolute Gasteiger partial charge is 0.350 e. The first-order chi connectivity index (χ1) is 20.1. The highest BCUT2D eigenvalue weighted by molar-refractivity contribution is 7.88. The summed E-state index contributed by atoms with van der Waals surface area (Å²) in [4.78, 5) is 43.3. The van der Waals surface area contributed by atoms with Crippen LogP contribution < -0.4 is 26.8 Å². The Bertz CT molecular complexity index is 1370. The first kappa shape index (κ1) is 31.9. The monoisotopic (exact) mass is 619 g/mol. The molecule has 0 spiro atoms. The number of hydrogen-bond donors (Lipinski definition) is 5. The molecule has 3 atom stereocenters. The van der Waals surface area contributed by atoms with Gasteiger partial charge in [0, 0.05) is 56.9 Å². The van der Waals surface area contributed by atoms with Gasteiger partial charge in [0.2, 0.25) is 27.7 Å².